The van der Waals surface area contributed by atoms with Crippen molar-refractivity contribution in [1.82, 2.24) is 0 Å². The number of hydrogen-bond donors (Lipinski definition) is 1. The van der Waals surface area contributed by atoms with E-state index in [-0.39, 0.29) is 36.0 Å². The summed E-state index contributed by atoms with van der Waals surface area (Å²) in [4.78, 5) is 24.1. The van der Waals surface area contributed by atoms with Crippen molar-refractivity contribution in [3.8, 4) is 5.75 Å². The molecule has 0 heterocycles. The van der Waals surface area contributed by atoms with Gasteiger partial charge in [0.1, 0.15) is 11.6 Å². The summed E-state index contributed by atoms with van der Waals surface area (Å²) in [5, 5.41) is 3.04. The number of ketones is 1. The van der Waals surface area contributed by atoms with Gasteiger partial charge in [-0.25, -0.2) is 4.39 Å². The molecular formula is C18H15ClFNO3. The monoisotopic (exact) mass is 347 g/mol. The van der Waals surface area contributed by atoms with Crippen molar-refractivity contribution in [2.45, 2.75) is 19.3 Å². The molecule has 0 unspecified atom stereocenters. The molecule has 1 aliphatic rings. The molecule has 2 aromatic carbocycles. The molecule has 0 bridgehead atoms. The number of fused-ring (bicyclic) bond motifs is 1. The van der Waals surface area contributed by atoms with Crippen molar-refractivity contribution in [2.75, 3.05) is 11.9 Å². The summed E-state index contributed by atoms with van der Waals surface area (Å²) in [5.74, 6) is -0.961. The van der Waals surface area contributed by atoms with E-state index in [1.54, 1.807) is 31.2 Å². The Morgan fingerprint density at radius 3 is 2.83 bits per heavy atom. The zero-order valence-electron chi connectivity index (χ0n) is 12.9. The summed E-state index contributed by atoms with van der Waals surface area (Å²) >= 11 is 5.97. The zero-order valence-corrected chi connectivity index (χ0v) is 13.7. The first-order chi connectivity index (χ1) is 11.5. The van der Waals surface area contributed by atoms with E-state index in [1.165, 1.54) is 12.1 Å². The number of para-hydroxylation sites is 1. The van der Waals surface area contributed by atoms with Gasteiger partial charge in [0.05, 0.1) is 16.3 Å². The van der Waals surface area contributed by atoms with E-state index in [0.717, 1.165) is 0 Å². The standard InChI is InChI=1S/C18H15ClFNO3/c1-10-8-14(22)18-15(7-6-12(20)17(10)18)24-9-16(23)21-13-5-3-2-4-11(13)19/h2-7,10H,8-9H2,1H3,(H,21,23)/t10-/m0/s1. The van der Waals surface area contributed by atoms with Crippen molar-refractivity contribution in [3.63, 3.8) is 0 Å². The zero-order chi connectivity index (χ0) is 17.3. The van der Waals surface area contributed by atoms with Crippen LogP contribution in [0.3, 0.4) is 0 Å². The number of rotatable bonds is 4. The van der Waals surface area contributed by atoms with Gasteiger partial charge in [-0.1, -0.05) is 30.7 Å². The molecule has 0 aromatic heterocycles. The van der Waals surface area contributed by atoms with Gasteiger partial charge in [0.15, 0.2) is 12.4 Å². The predicted molar refractivity (Wildman–Crippen MR) is 89.3 cm³/mol. The molecule has 0 saturated heterocycles. The molecule has 1 N–H and O–H groups in total. The van der Waals surface area contributed by atoms with Crippen LogP contribution in [0.15, 0.2) is 36.4 Å². The van der Waals surface area contributed by atoms with Gasteiger partial charge in [0.2, 0.25) is 0 Å². The summed E-state index contributed by atoms with van der Waals surface area (Å²) in [5.41, 5.74) is 1.08. The predicted octanol–water partition coefficient (Wildman–Crippen LogP) is 4.19. The minimum absolute atomic E-state index is 0.168. The van der Waals surface area contributed by atoms with Gasteiger partial charge in [-0.05, 0) is 30.2 Å². The summed E-state index contributed by atoms with van der Waals surface area (Å²) in [6, 6.07) is 9.46. The fourth-order valence-corrected chi connectivity index (χ4v) is 3.02. The number of carbonyl (C=O) groups excluding carboxylic acids is 2. The molecule has 1 atom stereocenters. The smallest absolute Gasteiger partial charge is 0.262 e. The van der Waals surface area contributed by atoms with Gasteiger partial charge in [-0.15, -0.1) is 0 Å². The van der Waals surface area contributed by atoms with Crippen LogP contribution >= 0.6 is 11.6 Å². The largest absolute Gasteiger partial charge is 0.483 e. The van der Waals surface area contributed by atoms with Gasteiger partial charge >= 0.3 is 0 Å². The number of benzene rings is 2. The molecule has 3 rings (SSSR count). The topological polar surface area (TPSA) is 55.4 Å². The highest BCUT2D eigenvalue weighted by Gasteiger charge is 2.32. The first-order valence-electron chi connectivity index (χ1n) is 7.50. The number of Topliss-reactive ketones (excluding diaryl/α,β-unsaturated/α-hetero) is 1. The number of anilines is 1. The van der Waals surface area contributed by atoms with Crippen LogP contribution < -0.4 is 10.1 Å². The molecule has 2 aromatic rings. The highest BCUT2D eigenvalue weighted by atomic mass is 35.5. The molecule has 6 heteroatoms. The van der Waals surface area contributed by atoms with Gasteiger partial charge in [0, 0.05) is 12.0 Å². The SMILES string of the molecule is C[C@H]1CC(=O)c2c(OCC(=O)Nc3ccccc3Cl)ccc(F)c21. The molecule has 1 aliphatic carbocycles. The van der Waals surface area contributed by atoms with Gasteiger partial charge in [-0.2, -0.15) is 0 Å². The Bertz CT molecular complexity index is 822. The summed E-state index contributed by atoms with van der Waals surface area (Å²) in [6.45, 7) is 1.49. The Morgan fingerprint density at radius 2 is 2.08 bits per heavy atom. The molecule has 0 saturated carbocycles. The average molecular weight is 348 g/mol. The van der Waals surface area contributed by atoms with E-state index < -0.39 is 11.7 Å². The molecular weight excluding hydrogens is 333 g/mol. The summed E-state index contributed by atoms with van der Waals surface area (Å²) in [7, 11) is 0. The third-order valence-corrected chi connectivity index (χ3v) is 4.25. The van der Waals surface area contributed by atoms with Crippen LogP contribution in [-0.2, 0) is 4.79 Å². The maximum absolute atomic E-state index is 13.9. The Balaban J connectivity index is 1.73. The number of amides is 1. The summed E-state index contributed by atoms with van der Waals surface area (Å²) in [6.07, 6.45) is 0.248. The van der Waals surface area contributed by atoms with E-state index in [9.17, 15) is 14.0 Å². The van der Waals surface area contributed by atoms with E-state index >= 15 is 0 Å². The normalized spacial score (nSPS) is 16.0. The Morgan fingerprint density at radius 1 is 1.33 bits per heavy atom. The van der Waals surface area contributed by atoms with Crippen LogP contribution in [0.25, 0.3) is 0 Å². The highest BCUT2D eigenvalue weighted by molar-refractivity contribution is 6.33. The molecule has 124 valence electrons. The molecule has 0 spiro atoms. The van der Waals surface area contributed by atoms with Crippen LogP contribution in [0.5, 0.6) is 5.75 Å². The first kappa shape index (κ1) is 16.5. The second-order valence-corrected chi connectivity index (χ2v) is 6.09. The van der Waals surface area contributed by atoms with Crippen LogP contribution in [0.4, 0.5) is 10.1 Å². The van der Waals surface area contributed by atoms with Crippen molar-refractivity contribution in [1.29, 1.82) is 0 Å². The number of carbonyl (C=O) groups is 2. The lowest BCUT2D eigenvalue weighted by molar-refractivity contribution is -0.118. The lowest BCUT2D eigenvalue weighted by Crippen LogP contribution is -2.21. The van der Waals surface area contributed by atoms with Crippen LogP contribution in [0, 0.1) is 5.82 Å². The highest BCUT2D eigenvalue weighted by Crippen LogP contribution is 2.39. The van der Waals surface area contributed by atoms with Crippen LogP contribution in [0.1, 0.15) is 35.2 Å². The average Bonchev–Trinajstić information content (AvgIpc) is 2.85. The lowest BCUT2D eigenvalue weighted by atomic mass is 10.0. The number of hydrogen-bond acceptors (Lipinski definition) is 3. The van der Waals surface area contributed by atoms with Crippen molar-refractivity contribution >= 4 is 29.0 Å². The van der Waals surface area contributed by atoms with Gasteiger partial charge in [-0.3, -0.25) is 9.59 Å². The minimum atomic E-state index is -0.420. The van der Waals surface area contributed by atoms with Crippen molar-refractivity contribution in [2.24, 2.45) is 0 Å². The Labute approximate surface area is 143 Å². The molecule has 0 radical (unpaired) electrons. The van der Waals surface area contributed by atoms with Gasteiger partial charge in [0.25, 0.3) is 5.91 Å². The van der Waals surface area contributed by atoms with Crippen LogP contribution in [0.2, 0.25) is 5.02 Å². The van der Waals surface area contributed by atoms with E-state index in [0.29, 0.717) is 16.3 Å². The number of ether oxygens (including phenoxy) is 1. The number of nitrogens with one attached hydrogen (secondary N) is 1. The molecule has 4 nitrogen and oxygen atoms in total. The lowest BCUT2D eigenvalue weighted by Gasteiger charge is -2.12. The van der Waals surface area contributed by atoms with Crippen LogP contribution in [-0.4, -0.2) is 18.3 Å². The maximum Gasteiger partial charge on any atom is 0.262 e. The third-order valence-electron chi connectivity index (χ3n) is 3.92. The third kappa shape index (κ3) is 3.12. The first-order valence-corrected chi connectivity index (χ1v) is 7.88. The van der Waals surface area contributed by atoms with E-state index in [4.69, 9.17) is 16.3 Å². The Kier molecular flexibility index (Phi) is 4.53. The second-order valence-electron chi connectivity index (χ2n) is 5.68. The molecule has 0 aliphatic heterocycles. The fraction of sp³-hybridized carbons (Fsp3) is 0.222. The number of halogens is 2. The molecule has 1 amide bonds. The summed E-state index contributed by atoms with van der Waals surface area (Å²) < 4.78 is 19.4. The molecule has 0 fully saturated rings. The van der Waals surface area contributed by atoms with Crippen molar-refractivity contribution < 1.29 is 18.7 Å². The Hall–Kier alpha value is -2.40. The minimum Gasteiger partial charge on any atom is -0.483 e. The fourth-order valence-electron chi connectivity index (χ4n) is 2.84. The van der Waals surface area contributed by atoms with Gasteiger partial charge < -0.3 is 10.1 Å². The van der Waals surface area contributed by atoms with Crippen molar-refractivity contribution in [3.05, 3.63) is 58.4 Å². The maximum atomic E-state index is 13.9. The molecule has 24 heavy (non-hydrogen) atoms. The quantitative estimate of drug-likeness (QED) is 0.902. The van der Waals surface area contributed by atoms with E-state index in [1.807, 2.05) is 0 Å². The second kappa shape index (κ2) is 6.61. The van der Waals surface area contributed by atoms with E-state index in [2.05, 4.69) is 5.32 Å².